The summed E-state index contributed by atoms with van der Waals surface area (Å²) in [6, 6.07) is 8.99. The summed E-state index contributed by atoms with van der Waals surface area (Å²) >= 11 is 0. The molecule has 2 rings (SSSR count). The van der Waals surface area contributed by atoms with Crippen LogP contribution in [0, 0.1) is 0 Å². The molecule has 0 N–H and O–H groups in total. The Kier molecular flexibility index (Phi) is 4.70. The van der Waals surface area contributed by atoms with Gasteiger partial charge in [0.2, 0.25) is 5.78 Å². The van der Waals surface area contributed by atoms with Crippen LogP contribution in [-0.4, -0.2) is 36.5 Å². The quantitative estimate of drug-likeness (QED) is 0.776. The van der Waals surface area contributed by atoms with Crippen LogP contribution in [0.4, 0.5) is 0 Å². The maximum absolute atomic E-state index is 12.2. The summed E-state index contributed by atoms with van der Waals surface area (Å²) in [5, 5.41) is 0. The molecule has 1 aliphatic rings. The van der Waals surface area contributed by atoms with E-state index in [2.05, 4.69) is 0 Å². The number of carbonyl (C=O) groups excluding carboxylic acids is 3. The standard InChI is InChI=1S/C15H16O6/c1-9(16)19-8-12-13(18)15(20-10(2)17)14(21-12)11-6-4-3-5-7-11/h3-7,12,14-15H,8H2,1-2H3. The van der Waals surface area contributed by atoms with Crippen LogP contribution in [0.15, 0.2) is 30.3 Å². The fourth-order valence-corrected chi connectivity index (χ4v) is 2.16. The largest absolute Gasteiger partial charge is 0.463 e. The molecule has 0 saturated carbocycles. The highest BCUT2D eigenvalue weighted by molar-refractivity contribution is 5.92. The van der Waals surface area contributed by atoms with Crippen molar-refractivity contribution in [2.75, 3.05) is 6.61 Å². The van der Waals surface area contributed by atoms with Crippen molar-refractivity contribution in [1.82, 2.24) is 0 Å². The van der Waals surface area contributed by atoms with Crippen molar-refractivity contribution in [1.29, 1.82) is 0 Å². The Labute approximate surface area is 122 Å². The average molecular weight is 292 g/mol. The van der Waals surface area contributed by atoms with Gasteiger partial charge in [-0.3, -0.25) is 14.4 Å². The number of rotatable bonds is 4. The molecule has 0 spiro atoms. The lowest BCUT2D eigenvalue weighted by Gasteiger charge is -2.17. The van der Waals surface area contributed by atoms with Crippen LogP contribution in [0.25, 0.3) is 0 Å². The SMILES string of the molecule is CC(=O)OCC1OC(c2ccccc2)C(OC(C)=O)C1=O. The molecule has 1 saturated heterocycles. The van der Waals surface area contributed by atoms with Gasteiger partial charge in [-0.2, -0.15) is 0 Å². The first-order chi connectivity index (χ1) is 9.99. The van der Waals surface area contributed by atoms with E-state index >= 15 is 0 Å². The smallest absolute Gasteiger partial charge is 0.303 e. The zero-order valence-corrected chi connectivity index (χ0v) is 11.8. The lowest BCUT2D eigenvalue weighted by molar-refractivity contribution is -0.153. The van der Waals surface area contributed by atoms with Gasteiger partial charge < -0.3 is 14.2 Å². The Morgan fingerprint density at radius 2 is 1.81 bits per heavy atom. The number of benzene rings is 1. The molecule has 0 bridgehead atoms. The zero-order valence-electron chi connectivity index (χ0n) is 11.8. The number of ether oxygens (including phenoxy) is 3. The Balaban J connectivity index is 2.19. The number of hydrogen-bond acceptors (Lipinski definition) is 6. The Morgan fingerprint density at radius 3 is 2.38 bits per heavy atom. The molecule has 1 fully saturated rings. The molecule has 6 nitrogen and oxygen atoms in total. The third-order valence-corrected chi connectivity index (χ3v) is 3.04. The maximum atomic E-state index is 12.2. The summed E-state index contributed by atoms with van der Waals surface area (Å²) in [7, 11) is 0. The van der Waals surface area contributed by atoms with Gasteiger partial charge in [0.15, 0.2) is 12.2 Å². The molecule has 112 valence electrons. The molecule has 21 heavy (non-hydrogen) atoms. The van der Waals surface area contributed by atoms with Gasteiger partial charge in [0.05, 0.1) is 0 Å². The molecule has 0 aromatic heterocycles. The third-order valence-electron chi connectivity index (χ3n) is 3.04. The van der Waals surface area contributed by atoms with Crippen molar-refractivity contribution in [3.05, 3.63) is 35.9 Å². The number of esters is 2. The normalized spacial score (nSPS) is 24.7. The van der Waals surface area contributed by atoms with E-state index in [1.54, 1.807) is 24.3 Å². The lowest BCUT2D eigenvalue weighted by atomic mass is 10.0. The molecule has 0 radical (unpaired) electrons. The van der Waals surface area contributed by atoms with E-state index in [0.717, 1.165) is 5.56 Å². The summed E-state index contributed by atoms with van der Waals surface area (Å²) in [6.45, 7) is 2.29. The number of hydrogen-bond donors (Lipinski definition) is 0. The van der Waals surface area contributed by atoms with E-state index in [9.17, 15) is 14.4 Å². The van der Waals surface area contributed by atoms with Crippen LogP contribution < -0.4 is 0 Å². The minimum atomic E-state index is -1.02. The van der Waals surface area contributed by atoms with Crippen LogP contribution in [0.3, 0.4) is 0 Å². The van der Waals surface area contributed by atoms with E-state index in [-0.39, 0.29) is 6.61 Å². The lowest BCUT2D eigenvalue weighted by Crippen LogP contribution is -2.31. The molecule has 3 atom stereocenters. The molecule has 0 aliphatic carbocycles. The summed E-state index contributed by atoms with van der Waals surface area (Å²) in [6.07, 6.45) is -2.64. The van der Waals surface area contributed by atoms with Crippen LogP contribution in [0.2, 0.25) is 0 Å². The fourth-order valence-electron chi connectivity index (χ4n) is 2.16. The maximum Gasteiger partial charge on any atom is 0.303 e. The second-order valence-corrected chi connectivity index (χ2v) is 4.69. The second kappa shape index (κ2) is 6.49. The van der Waals surface area contributed by atoms with E-state index in [0.29, 0.717) is 0 Å². The highest BCUT2D eigenvalue weighted by atomic mass is 16.6. The predicted octanol–water partition coefficient (Wildman–Crippen LogP) is 1.19. The van der Waals surface area contributed by atoms with E-state index in [4.69, 9.17) is 14.2 Å². The van der Waals surface area contributed by atoms with Gasteiger partial charge in [-0.15, -0.1) is 0 Å². The van der Waals surface area contributed by atoms with Crippen molar-refractivity contribution < 1.29 is 28.6 Å². The van der Waals surface area contributed by atoms with Crippen molar-refractivity contribution in [2.24, 2.45) is 0 Å². The highest BCUT2D eigenvalue weighted by Crippen LogP contribution is 2.33. The van der Waals surface area contributed by atoms with E-state index < -0.39 is 36.0 Å². The highest BCUT2D eigenvalue weighted by Gasteiger charge is 2.46. The molecular formula is C15H16O6. The molecule has 6 heteroatoms. The number of carbonyl (C=O) groups is 3. The summed E-state index contributed by atoms with van der Waals surface area (Å²) in [5.41, 5.74) is 0.724. The van der Waals surface area contributed by atoms with Gasteiger partial charge in [-0.1, -0.05) is 30.3 Å². The van der Waals surface area contributed by atoms with E-state index in [1.165, 1.54) is 13.8 Å². The monoisotopic (exact) mass is 292 g/mol. The molecule has 0 amide bonds. The Bertz CT molecular complexity index is 538. The van der Waals surface area contributed by atoms with Gasteiger partial charge >= 0.3 is 11.9 Å². The molecular weight excluding hydrogens is 276 g/mol. The van der Waals surface area contributed by atoms with Gasteiger partial charge in [-0.05, 0) is 5.56 Å². The van der Waals surface area contributed by atoms with Gasteiger partial charge in [-0.25, -0.2) is 0 Å². The fraction of sp³-hybridized carbons (Fsp3) is 0.400. The average Bonchev–Trinajstić information content (AvgIpc) is 2.74. The van der Waals surface area contributed by atoms with E-state index in [1.807, 2.05) is 6.07 Å². The first-order valence-corrected chi connectivity index (χ1v) is 6.53. The molecule has 1 aliphatic heterocycles. The summed E-state index contributed by atoms with van der Waals surface area (Å²) in [4.78, 5) is 34.3. The van der Waals surface area contributed by atoms with Crippen molar-refractivity contribution in [3.8, 4) is 0 Å². The molecule has 1 heterocycles. The van der Waals surface area contributed by atoms with Crippen molar-refractivity contribution >= 4 is 17.7 Å². The minimum Gasteiger partial charge on any atom is -0.463 e. The summed E-state index contributed by atoms with van der Waals surface area (Å²) in [5.74, 6) is -1.47. The Hall–Kier alpha value is -2.21. The zero-order chi connectivity index (χ0) is 15.4. The second-order valence-electron chi connectivity index (χ2n) is 4.69. The van der Waals surface area contributed by atoms with Crippen LogP contribution in [0.5, 0.6) is 0 Å². The van der Waals surface area contributed by atoms with Crippen molar-refractivity contribution in [2.45, 2.75) is 32.2 Å². The minimum absolute atomic E-state index is 0.185. The first-order valence-electron chi connectivity index (χ1n) is 6.53. The summed E-state index contributed by atoms with van der Waals surface area (Å²) < 4.78 is 15.5. The topological polar surface area (TPSA) is 78.9 Å². The predicted molar refractivity (Wildman–Crippen MR) is 71.3 cm³/mol. The van der Waals surface area contributed by atoms with Crippen LogP contribution in [-0.2, 0) is 28.6 Å². The first kappa shape index (κ1) is 15.2. The van der Waals surface area contributed by atoms with Gasteiger partial charge in [0.25, 0.3) is 0 Å². The van der Waals surface area contributed by atoms with Crippen LogP contribution >= 0.6 is 0 Å². The van der Waals surface area contributed by atoms with Crippen LogP contribution in [0.1, 0.15) is 25.5 Å². The molecule has 1 aromatic carbocycles. The third kappa shape index (κ3) is 3.66. The molecule has 3 unspecified atom stereocenters. The number of ketones is 1. The number of Topliss-reactive ketones (excluding diaryl/α,β-unsaturated/α-hetero) is 1. The van der Waals surface area contributed by atoms with Crippen molar-refractivity contribution in [3.63, 3.8) is 0 Å². The van der Waals surface area contributed by atoms with Gasteiger partial charge in [0, 0.05) is 13.8 Å². The Morgan fingerprint density at radius 1 is 1.14 bits per heavy atom. The van der Waals surface area contributed by atoms with Gasteiger partial charge in [0.1, 0.15) is 12.7 Å². The molecule has 1 aromatic rings.